The van der Waals surface area contributed by atoms with Crippen LogP contribution in [0.15, 0.2) is 23.2 Å². The molecule has 0 unspecified atom stereocenters. The van der Waals surface area contributed by atoms with Gasteiger partial charge < -0.3 is 19.9 Å². The number of rotatable bonds is 6. The van der Waals surface area contributed by atoms with Gasteiger partial charge in [0.25, 0.3) is 0 Å². The number of ether oxygens (including phenoxy) is 1. The number of benzene rings is 1. The molecule has 29 heavy (non-hydrogen) atoms. The molecule has 2 aliphatic rings. The standard InChI is InChI=1S/C21H32ClN5O2/c1-23-21(24-8-7-17-5-6-18(29-2)15-19(17)22)27-13-11-25(12-14-27)16-20(28)26-9-3-4-10-26/h5-6,15H,3-4,7-14,16H2,1-2H3,(H,23,24). The normalized spacial score (nSPS) is 18.2. The van der Waals surface area contributed by atoms with Gasteiger partial charge in [-0.3, -0.25) is 14.7 Å². The zero-order chi connectivity index (χ0) is 20.6. The van der Waals surface area contributed by atoms with E-state index >= 15 is 0 Å². The molecule has 8 heteroatoms. The number of nitrogens with one attached hydrogen (secondary N) is 1. The Hall–Kier alpha value is -1.99. The summed E-state index contributed by atoms with van der Waals surface area (Å²) in [6, 6.07) is 5.77. The lowest BCUT2D eigenvalue weighted by Crippen LogP contribution is -2.54. The van der Waals surface area contributed by atoms with Gasteiger partial charge in [0.15, 0.2) is 5.96 Å². The summed E-state index contributed by atoms with van der Waals surface area (Å²) in [5.41, 5.74) is 1.08. The Kier molecular flexibility index (Phi) is 8.00. The lowest BCUT2D eigenvalue weighted by molar-refractivity contribution is -0.131. The van der Waals surface area contributed by atoms with E-state index in [4.69, 9.17) is 16.3 Å². The van der Waals surface area contributed by atoms with Gasteiger partial charge in [0.05, 0.1) is 13.7 Å². The highest BCUT2D eigenvalue weighted by Crippen LogP contribution is 2.22. The Bertz CT molecular complexity index is 713. The molecule has 0 radical (unpaired) electrons. The van der Waals surface area contributed by atoms with Crippen molar-refractivity contribution in [1.29, 1.82) is 0 Å². The van der Waals surface area contributed by atoms with Crippen molar-refractivity contribution in [1.82, 2.24) is 20.0 Å². The molecular weight excluding hydrogens is 390 g/mol. The second-order valence-corrected chi connectivity index (χ2v) is 7.94. The molecular formula is C21H32ClN5O2. The third-order valence-electron chi connectivity index (χ3n) is 5.64. The number of methoxy groups -OCH3 is 1. The van der Waals surface area contributed by atoms with Gasteiger partial charge in [0.2, 0.25) is 5.91 Å². The van der Waals surface area contributed by atoms with Crippen LogP contribution < -0.4 is 10.1 Å². The average molecular weight is 422 g/mol. The van der Waals surface area contributed by atoms with Crippen molar-refractivity contribution < 1.29 is 9.53 Å². The Balaban J connectivity index is 1.41. The summed E-state index contributed by atoms with van der Waals surface area (Å²) >= 11 is 6.33. The first-order valence-corrected chi connectivity index (χ1v) is 10.8. The fraction of sp³-hybridized carbons (Fsp3) is 0.619. The zero-order valence-electron chi connectivity index (χ0n) is 17.5. The molecule has 0 spiro atoms. The number of nitrogens with zero attached hydrogens (tertiary/aromatic N) is 4. The number of piperazine rings is 1. The van der Waals surface area contributed by atoms with Crippen molar-refractivity contribution in [2.45, 2.75) is 19.3 Å². The third-order valence-corrected chi connectivity index (χ3v) is 5.99. The minimum absolute atomic E-state index is 0.273. The molecule has 2 saturated heterocycles. The van der Waals surface area contributed by atoms with Crippen LogP contribution in [0.25, 0.3) is 0 Å². The molecule has 0 atom stereocenters. The summed E-state index contributed by atoms with van der Waals surface area (Å²) in [7, 11) is 3.45. The topological polar surface area (TPSA) is 60.4 Å². The highest BCUT2D eigenvalue weighted by atomic mass is 35.5. The van der Waals surface area contributed by atoms with Gasteiger partial charge in [-0.2, -0.15) is 0 Å². The van der Waals surface area contributed by atoms with E-state index in [0.29, 0.717) is 6.54 Å². The lowest BCUT2D eigenvalue weighted by atomic mass is 10.1. The molecule has 2 aliphatic heterocycles. The zero-order valence-corrected chi connectivity index (χ0v) is 18.2. The quantitative estimate of drug-likeness (QED) is 0.559. The summed E-state index contributed by atoms with van der Waals surface area (Å²) in [6.07, 6.45) is 3.10. The number of amides is 1. The van der Waals surface area contributed by atoms with Crippen LogP contribution in [-0.2, 0) is 11.2 Å². The van der Waals surface area contributed by atoms with E-state index in [0.717, 1.165) is 87.4 Å². The Morgan fingerprint density at radius 3 is 2.48 bits per heavy atom. The van der Waals surface area contributed by atoms with Gasteiger partial charge in [0.1, 0.15) is 5.75 Å². The number of carbonyl (C=O) groups is 1. The second kappa shape index (κ2) is 10.7. The largest absolute Gasteiger partial charge is 0.497 e. The average Bonchev–Trinajstić information content (AvgIpc) is 3.28. The lowest BCUT2D eigenvalue weighted by Gasteiger charge is -2.36. The molecule has 1 aromatic carbocycles. The predicted molar refractivity (Wildman–Crippen MR) is 117 cm³/mol. The summed E-state index contributed by atoms with van der Waals surface area (Å²) < 4.78 is 5.20. The number of aliphatic imine (C=N–C) groups is 1. The molecule has 2 heterocycles. The van der Waals surface area contributed by atoms with Crippen LogP contribution in [0.5, 0.6) is 5.75 Å². The molecule has 1 aromatic rings. The van der Waals surface area contributed by atoms with Gasteiger partial charge in [-0.1, -0.05) is 17.7 Å². The molecule has 7 nitrogen and oxygen atoms in total. The van der Waals surface area contributed by atoms with Gasteiger partial charge in [0, 0.05) is 57.9 Å². The van der Waals surface area contributed by atoms with E-state index in [9.17, 15) is 4.79 Å². The van der Waals surface area contributed by atoms with Gasteiger partial charge in [-0.15, -0.1) is 0 Å². The van der Waals surface area contributed by atoms with E-state index in [1.54, 1.807) is 7.11 Å². The fourth-order valence-electron chi connectivity index (χ4n) is 3.87. The highest BCUT2D eigenvalue weighted by molar-refractivity contribution is 6.31. The van der Waals surface area contributed by atoms with Crippen LogP contribution in [0.2, 0.25) is 5.02 Å². The molecule has 0 aromatic heterocycles. The van der Waals surface area contributed by atoms with Crippen LogP contribution >= 0.6 is 11.6 Å². The summed E-state index contributed by atoms with van der Waals surface area (Å²) in [5.74, 6) is 1.94. The smallest absolute Gasteiger partial charge is 0.236 e. The first-order chi connectivity index (χ1) is 14.1. The Morgan fingerprint density at radius 1 is 1.14 bits per heavy atom. The molecule has 1 N–H and O–H groups in total. The SMILES string of the molecule is CN=C(NCCc1ccc(OC)cc1Cl)N1CCN(CC(=O)N2CCCC2)CC1. The molecule has 3 rings (SSSR count). The van der Waals surface area contributed by atoms with Gasteiger partial charge in [-0.05, 0) is 37.0 Å². The van der Waals surface area contributed by atoms with E-state index in [1.165, 1.54) is 0 Å². The number of hydrogen-bond acceptors (Lipinski definition) is 4. The van der Waals surface area contributed by atoms with Crippen molar-refractivity contribution in [3.8, 4) is 5.75 Å². The van der Waals surface area contributed by atoms with E-state index < -0.39 is 0 Å². The van der Waals surface area contributed by atoms with Gasteiger partial charge >= 0.3 is 0 Å². The summed E-state index contributed by atoms with van der Waals surface area (Å²) in [5, 5.41) is 4.16. The Labute approximate surface area is 178 Å². The predicted octanol–water partition coefficient (Wildman–Crippen LogP) is 1.71. The fourth-order valence-corrected chi connectivity index (χ4v) is 4.14. The maximum absolute atomic E-state index is 12.3. The number of guanidine groups is 1. The summed E-state index contributed by atoms with van der Waals surface area (Å²) in [4.78, 5) is 23.3. The maximum Gasteiger partial charge on any atom is 0.236 e. The molecule has 0 saturated carbocycles. The minimum Gasteiger partial charge on any atom is -0.497 e. The van der Waals surface area contributed by atoms with E-state index in [2.05, 4.69) is 20.1 Å². The van der Waals surface area contributed by atoms with E-state index in [-0.39, 0.29) is 5.91 Å². The van der Waals surface area contributed by atoms with Crippen molar-refractivity contribution in [3.63, 3.8) is 0 Å². The second-order valence-electron chi connectivity index (χ2n) is 7.53. The van der Waals surface area contributed by atoms with Crippen LogP contribution in [-0.4, -0.2) is 93.1 Å². The molecule has 0 bridgehead atoms. The van der Waals surface area contributed by atoms with Gasteiger partial charge in [-0.25, -0.2) is 0 Å². The molecule has 0 aliphatic carbocycles. The third kappa shape index (κ3) is 6.00. The van der Waals surface area contributed by atoms with Crippen LogP contribution in [0.3, 0.4) is 0 Å². The first-order valence-electron chi connectivity index (χ1n) is 10.4. The van der Waals surface area contributed by atoms with Crippen LogP contribution in [0.1, 0.15) is 18.4 Å². The number of likely N-dealkylation sites (tertiary alicyclic amines) is 1. The Morgan fingerprint density at radius 2 is 1.86 bits per heavy atom. The molecule has 1 amide bonds. The molecule has 160 valence electrons. The number of hydrogen-bond donors (Lipinski definition) is 1. The number of carbonyl (C=O) groups excluding carboxylic acids is 1. The van der Waals surface area contributed by atoms with Crippen LogP contribution in [0.4, 0.5) is 0 Å². The minimum atomic E-state index is 0.273. The summed E-state index contributed by atoms with van der Waals surface area (Å²) in [6.45, 7) is 6.64. The van der Waals surface area contributed by atoms with Crippen molar-refractivity contribution >= 4 is 23.5 Å². The molecule has 2 fully saturated rings. The highest BCUT2D eigenvalue weighted by Gasteiger charge is 2.24. The van der Waals surface area contributed by atoms with Crippen molar-refractivity contribution in [2.24, 2.45) is 4.99 Å². The monoisotopic (exact) mass is 421 g/mol. The maximum atomic E-state index is 12.3. The first kappa shape index (κ1) is 21.7. The van der Waals surface area contributed by atoms with E-state index in [1.807, 2.05) is 30.1 Å². The van der Waals surface area contributed by atoms with Crippen LogP contribution in [0, 0.1) is 0 Å². The van der Waals surface area contributed by atoms with Crippen molar-refractivity contribution in [2.75, 3.05) is 66.5 Å². The number of halogens is 1. The van der Waals surface area contributed by atoms with Crippen molar-refractivity contribution in [3.05, 3.63) is 28.8 Å².